The molecule has 0 heterocycles. The predicted molar refractivity (Wildman–Crippen MR) is 108 cm³/mol. The van der Waals surface area contributed by atoms with Crippen molar-refractivity contribution in [2.24, 2.45) is 5.16 Å². The number of hydrogen-bond donors (Lipinski definition) is 0. The van der Waals surface area contributed by atoms with Crippen molar-refractivity contribution < 1.29 is 23.8 Å². The van der Waals surface area contributed by atoms with Gasteiger partial charge in [0, 0.05) is 12.0 Å². The third-order valence-corrected chi connectivity index (χ3v) is 4.20. The number of methoxy groups -OCH3 is 4. The largest absolute Gasteiger partial charge is 0.496 e. The lowest BCUT2D eigenvalue weighted by atomic mass is 9.97. The van der Waals surface area contributed by atoms with Crippen LogP contribution < -0.4 is 18.9 Å². The van der Waals surface area contributed by atoms with Crippen LogP contribution in [0.3, 0.4) is 0 Å². The summed E-state index contributed by atoms with van der Waals surface area (Å²) in [5.74, 6) is 2.58. The smallest absolute Gasteiger partial charge is 0.140 e. The molecule has 27 heavy (non-hydrogen) atoms. The Morgan fingerprint density at radius 3 is 1.93 bits per heavy atom. The van der Waals surface area contributed by atoms with Crippen molar-refractivity contribution in [2.45, 2.75) is 20.3 Å². The molecular weight excluding hydrogens is 346 g/mol. The van der Waals surface area contributed by atoms with E-state index in [4.69, 9.17) is 23.8 Å². The summed E-state index contributed by atoms with van der Waals surface area (Å²) in [6.07, 6.45) is 2.67. The van der Waals surface area contributed by atoms with Gasteiger partial charge in [0.25, 0.3) is 0 Å². The molecule has 0 radical (unpaired) electrons. The molecule has 0 amide bonds. The fraction of sp³-hybridized carbons (Fsp3) is 0.381. The highest BCUT2D eigenvalue weighted by molar-refractivity contribution is 6.12. The third-order valence-electron chi connectivity index (χ3n) is 4.20. The highest BCUT2D eigenvalue weighted by Gasteiger charge is 2.23. The molecule has 0 aliphatic heterocycles. The van der Waals surface area contributed by atoms with E-state index >= 15 is 0 Å². The number of ether oxygens (including phenoxy) is 4. The van der Waals surface area contributed by atoms with Gasteiger partial charge in [0.1, 0.15) is 30.1 Å². The Morgan fingerprint density at radius 1 is 0.852 bits per heavy atom. The van der Waals surface area contributed by atoms with Gasteiger partial charge < -0.3 is 23.8 Å². The molecule has 0 N–H and O–H groups in total. The summed E-state index contributed by atoms with van der Waals surface area (Å²) in [6, 6.07) is 5.58. The average molecular weight is 373 g/mol. The molecule has 2 rings (SSSR count). The maximum absolute atomic E-state index is 5.79. The number of allylic oxidation sites excluding steroid dienone is 2. The van der Waals surface area contributed by atoms with Crippen molar-refractivity contribution in [3.8, 4) is 23.0 Å². The van der Waals surface area contributed by atoms with Gasteiger partial charge in [-0.25, -0.2) is 0 Å². The topological polar surface area (TPSA) is 58.5 Å². The normalized spacial score (nSPS) is 11.1. The zero-order valence-corrected chi connectivity index (χ0v) is 17.0. The first-order valence-corrected chi connectivity index (χ1v) is 8.55. The summed E-state index contributed by atoms with van der Waals surface area (Å²) in [7, 11) is 8.00. The van der Waals surface area contributed by atoms with Crippen LogP contribution in [0.1, 0.15) is 25.8 Å². The van der Waals surface area contributed by atoms with Crippen LogP contribution in [-0.4, -0.2) is 41.3 Å². The van der Waals surface area contributed by atoms with Crippen molar-refractivity contribution in [2.75, 3.05) is 35.5 Å². The van der Waals surface area contributed by atoms with E-state index in [1.807, 2.05) is 32.0 Å². The van der Waals surface area contributed by atoms with Crippen LogP contribution in [0.15, 0.2) is 35.0 Å². The van der Waals surface area contributed by atoms with Crippen LogP contribution in [0.5, 0.6) is 23.0 Å². The first-order chi connectivity index (χ1) is 13.0. The molecule has 0 saturated carbocycles. The molecule has 0 aliphatic rings. The lowest BCUT2D eigenvalue weighted by molar-refractivity contribution is 0.213. The van der Waals surface area contributed by atoms with E-state index in [9.17, 15) is 0 Å². The Hall–Kier alpha value is -2.89. The summed E-state index contributed by atoms with van der Waals surface area (Å²) in [4.78, 5) is 5.08. The molecule has 0 atom stereocenters. The van der Waals surface area contributed by atoms with Crippen molar-refractivity contribution >= 4 is 16.5 Å². The molecule has 0 aliphatic carbocycles. The molecule has 2 aromatic rings. The van der Waals surface area contributed by atoms with Gasteiger partial charge in [-0.15, -0.1) is 0 Å². The number of oxime groups is 1. The molecule has 0 unspecified atom stereocenters. The van der Waals surface area contributed by atoms with E-state index in [1.165, 1.54) is 12.7 Å². The Kier molecular flexibility index (Phi) is 6.93. The summed E-state index contributed by atoms with van der Waals surface area (Å²) in [5, 5.41) is 5.76. The maximum atomic E-state index is 5.79. The molecule has 2 aromatic carbocycles. The molecule has 0 bridgehead atoms. The standard InChI is InChI=1S/C21H27NO5/c1-13(2)8-9-15(22-27-7)14-12-18(25-5)19-16(23-3)10-11-17(24-4)20(19)21(14)26-6/h8,10-12H,9H2,1-7H3. The quantitative estimate of drug-likeness (QED) is 0.385. The predicted octanol–water partition coefficient (Wildman–Crippen LogP) is 4.58. The monoisotopic (exact) mass is 373 g/mol. The maximum Gasteiger partial charge on any atom is 0.140 e. The van der Waals surface area contributed by atoms with E-state index < -0.39 is 0 Å². The van der Waals surface area contributed by atoms with E-state index in [-0.39, 0.29) is 0 Å². The fourth-order valence-electron chi connectivity index (χ4n) is 2.97. The van der Waals surface area contributed by atoms with Gasteiger partial charge in [-0.2, -0.15) is 0 Å². The number of fused-ring (bicyclic) bond motifs is 1. The molecule has 146 valence electrons. The van der Waals surface area contributed by atoms with Gasteiger partial charge in [0.15, 0.2) is 0 Å². The van der Waals surface area contributed by atoms with Gasteiger partial charge in [-0.3, -0.25) is 0 Å². The molecule has 0 spiro atoms. The summed E-state index contributed by atoms with van der Waals surface area (Å²) in [6.45, 7) is 4.08. The fourth-order valence-corrected chi connectivity index (χ4v) is 2.97. The van der Waals surface area contributed by atoms with Gasteiger partial charge in [-0.1, -0.05) is 16.8 Å². The van der Waals surface area contributed by atoms with Crippen LogP contribution in [0.2, 0.25) is 0 Å². The molecule has 0 aromatic heterocycles. The second-order valence-corrected chi connectivity index (χ2v) is 6.09. The van der Waals surface area contributed by atoms with Crippen molar-refractivity contribution in [3.63, 3.8) is 0 Å². The number of rotatable bonds is 8. The zero-order valence-electron chi connectivity index (χ0n) is 17.0. The van der Waals surface area contributed by atoms with E-state index in [1.54, 1.807) is 28.4 Å². The van der Waals surface area contributed by atoms with Crippen molar-refractivity contribution in [1.82, 2.24) is 0 Å². The minimum atomic E-state index is 0.591. The van der Waals surface area contributed by atoms with Crippen molar-refractivity contribution in [1.29, 1.82) is 0 Å². The SMILES string of the molecule is CON=C(CC=C(C)C)c1cc(OC)c2c(OC)ccc(OC)c2c1OC. The summed E-state index contributed by atoms with van der Waals surface area (Å²) < 4.78 is 22.6. The van der Waals surface area contributed by atoms with E-state index in [0.717, 1.165) is 22.0 Å². The highest BCUT2D eigenvalue weighted by Crippen LogP contribution is 2.46. The summed E-state index contributed by atoms with van der Waals surface area (Å²) >= 11 is 0. The van der Waals surface area contributed by atoms with Crippen LogP contribution in [0.4, 0.5) is 0 Å². The van der Waals surface area contributed by atoms with E-state index in [0.29, 0.717) is 29.4 Å². The number of hydrogen-bond acceptors (Lipinski definition) is 6. The number of benzene rings is 2. The molecule has 0 saturated heterocycles. The van der Waals surface area contributed by atoms with Gasteiger partial charge >= 0.3 is 0 Å². The summed E-state index contributed by atoms with van der Waals surface area (Å²) in [5.41, 5.74) is 2.68. The molecule has 6 nitrogen and oxygen atoms in total. The van der Waals surface area contributed by atoms with Crippen LogP contribution in [-0.2, 0) is 4.84 Å². The lowest BCUT2D eigenvalue weighted by Gasteiger charge is -2.19. The molecular formula is C21H27NO5. The molecule has 0 fully saturated rings. The Labute approximate surface area is 160 Å². The van der Waals surface area contributed by atoms with Crippen LogP contribution >= 0.6 is 0 Å². The minimum Gasteiger partial charge on any atom is -0.496 e. The Bertz CT molecular complexity index is 867. The van der Waals surface area contributed by atoms with Crippen LogP contribution in [0, 0.1) is 0 Å². The van der Waals surface area contributed by atoms with Gasteiger partial charge in [0.05, 0.1) is 44.9 Å². The first kappa shape index (κ1) is 20.4. The van der Waals surface area contributed by atoms with Gasteiger partial charge in [0.2, 0.25) is 0 Å². The van der Waals surface area contributed by atoms with Crippen LogP contribution in [0.25, 0.3) is 10.8 Å². The van der Waals surface area contributed by atoms with E-state index in [2.05, 4.69) is 11.2 Å². The number of nitrogens with zero attached hydrogens (tertiary/aromatic N) is 1. The second kappa shape index (κ2) is 9.16. The Balaban J connectivity index is 2.92. The lowest BCUT2D eigenvalue weighted by Crippen LogP contribution is -2.06. The average Bonchev–Trinajstić information content (AvgIpc) is 2.68. The van der Waals surface area contributed by atoms with Gasteiger partial charge in [-0.05, 0) is 32.0 Å². The zero-order chi connectivity index (χ0) is 20.0. The molecule has 6 heteroatoms. The second-order valence-electron chi connectivity index (χ2n) is 6.09. The Morgan fingerprint density at radius 2 is 1.44 bits per heavy atom. The minimum absolute atomic E-state index is 0.591. The highest BCUT2D eigenvalue weighted by atomic mass is 16.6. The third kappa shape index (κ3) is 4.10. The first-order valence-electron chi connectivity index (χ1n) is 8.55. The van der Waals surface area contributed by atoms with Crippen molar-refractivity contribution in [3.05, 3.63) is 35.4 Å².